The smallest absolute Gasteiger partial charge is 0.305 e. The first-order valence-corrected chi connectivity index (χ1v) is 16.3. The SMILES string of the molecule is CCCCCCCCOCCCCCCCN(CCO)CCCCCCCC(=O)OCCCCCCC. The minimum Gasteiger partial charge on any atom is -0.466 e. The predicted molar refractivity (Wildman–Crippen MR) is 158 cm³/mol. The van der Waals surface area contributed by atoms with E-state index in [0.717, 1.165) is 52.1 Å². The van der Waals surface area contributed by atoms with Crippen LogP contribution in [0.25, 0.3) is 0 Å². The first-order chi connectivity index (χ1) is 18.2. The third kappa shape index (κ3) is 29.8. The van der Waals surface area contributed by atoms with Gasteiger partial charge in [-0.3, -0.25) is 4.79 Å². The summed E-state index contributed by atoms with van der Waals surface area (Å²) in [7, 11) is 0. The van der Waals surface area contributed by atoms with E-state index in [9.17, 15) is 9.90 Å². The van der Waals surface area contributed by atoms with Gasteiger partial charge in [-0.15, -0.1) is 0 Å². The summed E-state index contributed by atoms with van der Waals surface area (Å²) >= 11 is 0. The maximum Gasteiger partial charge on any atom is 0.305 e. The largest absolute Gasteiger partial charge is 0.466 e. The summed E-state index contributed by atoms with van der Waals surface area (Å²) in [6.07, 6.45) is 26.3. The molecule has 1 N–H and O–H groups in total. The number of carbonyl (C=O) groups excluding carboxylic acids is 1. The van der Waals surface area contributed by atoms with Crippen molar-refractivity contribution in [2.24, 2.45) is 0 Å². The van der Waals surface area contributed by atoms with Crippen molar-refractivity contribution >= 4 is 5.97 Å². The molecule has 0 radical (unpaired) electrons. The monoisotopic (exact) mass is 527 g/mol. The van der Waals surface area contributed by atoms with Gasteiger partial charge in [0.15, 0.2) is 0 Å². The fraction of sp³-hybridized carbons (Fsp3) is 0.969. The minimum absolute atomic E-state index is 0.0229. The van der Waals surface area contributed by atoms with Crippen LogP contribution in [0.15, 0.2) is 0 Å². The number of aliphatic hydroxyl groups is 1. The van der Waals surface area contributed by atoms with E-state index in [1.54, 1.807) is 0 Å². The molecular formula is C32H65NO4. The van der Waals surface area contributed by atoms with Gasteiger partial charge in [0.25, 0.3) is 0 Å². The summed E-state index contributed by atoms with van der Waals surface area (Å²) in [6, 6.07) is 0. The van der Waals surface area contributed by atoms with Crippen LogP contribution in [0.1, 0.15) is 155 Å². The van der Waals surface area contributed by atoms with Crippen molar-refractivity contribution in [1.82, 2.24) is 4.90 Å². The highest BCUT2D eigenvalue weighted by molar-refractivity contribution is 5.69. The molecule has 0 aromatic heterocycles. The maximum absolute atomic E-state index is 11.8. The lowest BCUT2D eigenvalue weighted by molar-refractivity contribution is -0.143. The molecule has 0 spiro atoms. The van der Waals surface area contributed by atoms with Gasteiger partial charge < -0.3 is 19.5 Å². The summed E-state index contributed by atoms with van der Waals surface area (Å²) in [5.74, 6) is -0.0229. The topological polar surface area (TPSA) is 59.0 Å². The van der Waals surface area contributed by atoms with Crippen LogP contribution in [0.2, 0.25) is 0 Å². The summed E-state index contributed by atoms with van der Waals surface area (Å²) in [5.41, 5.74) is 0. The molecule has 0 amide bonds. The Kier molecular flexibility index (Phi) is 31.0. The van der Waals surface area contributed by atoms with Gasteiger partial charge in [-0.1, -0.05) is 110 Å². The first kappa shape index (κ1) is 36.4. The van der Waals surface area contributed by atoms with E-state index in [1.807, 2.05) is 0 Å². The standard InChI is InChI=1S/C32H65NO4/c1-3-5-7-9-16-21-29-36-30-22-17-11-14-20-26-33(27-28-34)25-19-13-10-12-18-24-32(35)37-31-23-15-8-6-4-2/h34H,3-31H2,1-2H3. The molecule has 0 aliphatic carbocycles. The zero-order valence-corrected chi connectivity index (χ0v) is 25.1. The second kappa shape index (κ2) is 31.6. The summed E-state index contributed by atoms with van der Waals surface area (Å²) in [4.78, 5) is 14.2. The molecule has 5 nitrogen and oxygen atoms in total. The predicted octanol–water partition coefficient (Wildman–Crippen LogP) is 8.46. The van der Waals surface area contributed by atoms with Crippen LogP contribution >= 0.6 is 0 Å². The van der Waals surface area contributed by atoms with Gasteiger partial charge in [0, 0.05) is 26.2 Å². The molecule has 0 aromatic rings. The van der Waals surface area contributed by atoms with Gasteiger partial charge in [0.1, 0.15) is 0 Å². The van der Waals surface area contributed by atoms with Crippen LogP contribution in [-0.2, 0) is 14.3 Å². The van der Waals surface area contributed by atoms with Crippen LogP contribution in [0, 0.1) is 0 Å². The van der Waals surface area contributed by atoms with Crippen molar-refractivity contribution < 1.29 is 19.4 Å². The Balaban J connectivity index is 3.47. The Morgan fingerprint density at radius 1 is 0.541 bits per heavy atom. The molecule has 0 bridgehead atoms. The van der Waals surface area contributed by atoms with Gasteiger partial charge in [-0.05, 0) is 51.6 Å². The second-order valence-corrected chi connectivity index (χ2v) is 10.9. The van der Waals surface area contributed by atoms with Crippen molar-refractivity contribution in [2.75, 3.05) is 46.1 Å². The third-order valence-corrected chi connectivity index (χ3v) is 7.19. The van der Waals surface area contributed by atoms with Gasteiger partial charge in [-0.2, -0.15) is 0 Å². The Morgan fingerprint density at radius 3 is 1.49 bits per heavy atom. The third-order valence-electron chi connectivity index (χ3n) is 7.19. The zero-order valence-electron chi connectivity index (χ0n) is 25.1. The summed E-state index contributed by atoms with van der Waals surface area (Å²) in [6.45, 7) is 10.1. The fourth-order valence-electron chi connectivity index (χ4n) is 4.73. The lowest BCUT2D eigenvalue weighted by Crippen LogP contribution is -2.29. The van der Waals surface area contributed by atoms with E-state index >= 15 is 0 Å². The number of carbonyl (C=O) groups is 1. The van der Waals surface area contributed by atoms with Gasteiger partial charge in [0.05, 0.1) is 13.2 Å². The van der Waals surface area contributed by atoms with Crippen LogP contribution in [0.3, 0.4) is 0 Å². The minimum atomic E-state index is -0.0229. The average Bonchev–Trinajstić information content (AvgIpc) is 2.90. The van der Waals surface area contributed by atoms with Crippen molar-refractivity contribution in [3.05, 3.63) is 0 Å². The lowest BCUT2D eigenvalue weighted by Gasteiger charge is -2.21. The normalized spacial score (nSPS) is 11.5. The Hall–Kier alpha value is -0.650. The molecule has 5 heteroatoms. The van der Waals surface area contributed by atoms with E-state index in [0.29, 0.717) is 13.0 Å². The van der Waals surface area contributed by atoms with Crippen molar-refractivity contribution in [2.45, 2.75) is 155 Å². The Bertz CT molecular complexity index is 447. The first-order valence-electron chi connectivity index (χ1n) is 16.3. The number of unbranched alkanes of at least 4 members (excludes halogenated alkanes) is 17. The van der Waals surface area contributed by atoms with Crippen LogP contribution in [0.4, 0.5) is 0 Å². The Morgan fingerprint density at radius 2 is 0.973 bits per heavy atom. The van der Waals surface area contributed by atoms with E-state index in [2.05, 4.69) is 18.7 Å². The quantitative estimate of drug-likeness (QED) is 0.0724. The fourth-order valence-corrected chi connectivity index (χ4v) is 4.73. The van der Waals surface area contributed by atoms with E-state index in [-0.39, 0.29) is 12.6 Å². The molecule has 0 fully saturated rings. The van der Waals surface area contributed by atoms with Crippen molar-refractivity contribution in [3.8, 4) is 0 Å². The average molecular weight is 528 g/mol. The van der Waals surface area contributed by atoms with Crippen molar-refractivity contribution in [3.63, 3.8) is 0 Å². The number of hydrogen-bond acceptors (Lipinski definition) is 5. The van der Waals surface area contributed by atoms with E-state index in [1.165, 1.54) is 116 Å². The molecule has 222 valence electrons. The highest BCUT2D eigenvalue weighted by atomic mass is 16.5. The van der Waals surface area contributed by atoms with Crippen molar-refractivity contribution in [1.29, 1.82) is 0 Å². The number of nitrogens with zero attached hydrogens (tertiary/aromatic N) is 1. The summed E-state index contributed by atoms with van der Waals surface area (Å²) < 4.78 is 11.1. The van der Waals surface area contributed by atoms with Crippen LogP contribution in [-0.4, -0.2) is 62.0 Å². The molecule has 0 heterocycles. The molecule has 0 aromatic carbocycles. The molecule has 0 rings (SSSR count). The highest BCUT2D eigenvalue weighted by Gasteiger charge is 2.05. The van der Waals surface area contributed by atoms with E-state index < -0.39 is 0 Å². The number of aliphatic hydroxyl groups excluding tert-OH is 1. The lowest BCUT2D eigenvalue weighted by atomic mass is 10.1. The van der Waals surface area contributed by atoms with E-state index in [4.69, 9.17) is 9.47 Å². The van der Waals surface area contributed by atoms with Crippen LogP contribution < -0.4 is 0 Å². The van der Waals surface area contributed by atoms with Crippen LogP contribution in [0.5, 0.6) is 0 Å². The molecule has 0 unspecified atom stereocenters. The molecule has 0 saturated carbocycles. The van der Waals surface area contributed by atoms with Gasteiger partial charge in [-0.25, -0.2) is 0 Å². The Labute approximate surface area is 231 Å². The van der Waals surface area contributed by atoms with Gasteiger partial charge in [0.2, 0.25) is 0 Å². The molecular weight excluding hydrogens is 462 g/mol. The molecule has 0 atom stereocenters. The maximum atomic E-state index is 11.8. The second-order valence-electron chi connectivity index (χ2n) is 10.9. The number of rotatable bonds is 31. The number of esters is 1. The zero-order chi connectivity index (χ0) is 27.1. The van der Waals surface area contributed by atoms with Gasteiger partial charge >= 0.3 is 5.97 Å². The summed E-state index contributed by atoms with van der Waals surface area (Å²) in [5, 5.41) is 9.39. The molecule has 0 aliphatic rings. The highest BCUT2D eigenvalue weighted by Crippen LogP contribution is 2.10. The number of ether oxygens (including phenoxy) is 2. The molecule has 0 aliphatic heterocycles. The molecule has 0 saturated heterocycles. The number of hydrogen-bond donors (Lipinski definition) is 1. The molecule has 37 heavy (non-hydrogen) atoms.